The molecule has 0 aliphatic carbocycles. The molecule has 4 heteroatoms. The van der Waals surface area contributed by atoms with Crippen LogP contribution in [0.1, 0.15) is 23.8 Å². The van der Waals surface area contributed by atoms with Crippen molar-refractivity contribution in [2.45, 2.75) is 18.9 Å². The molecule has 1 saturated heterocycles. The van der Waals surface area contributed by atoms with Gasteiger partial charge in [0.25, 0.3) is 0 Å². The summed E-state index contributed by atoms with van der Waals surface area (Å²) in [7, 11) is 0. The van der Waals surface area contributed by atoms with Gasteiger partial charge in [0.2, 0.25) is 0 Å². The third kappa shape index (κ3) is 2.03. The minimum absolute atomic E-state index is 0.0862. The maximum absolute atomic E-state index is 9.26. The summed E-state index contributed by atoms with van der Waals surface area (Å²) in [6.07, 6.45) is 2.21. The van der Waals surface area contributed by atoms with Crippen molar-refractivity contribution in [2.75, 3.05) is 13.2 Å². The Morgan fingerprint density at radius 2 is 2.50 bits per heavy atom. The third-order valence-electron chi connectivity index (χ3n) is 2.58. The van der Waals surface area contributed by atoms with Crippen LogP contribution >= 0.6 is 27.3 Å². The first-order valence-corrected chi connectivity index (χ1v) is 6.45. The number of hydrogen-bond acceptors (Lipinski definition) is 3. The van der Waals surface area contributed by atoms with Crippen LogP contribution < -0.4 is 0 Å². The van der Waals surface area contributed by atoms with Gasteiger partial charge in [0.1, 0.15) is 0 Å². The highest BCUT2D eigenvalue weighted by molar-refractivity contribution is 9.10. The molecule has 1 fully saturated rings. The summed E-state index contributed by atoms with van der Waals surface area (Å²) >= 11 is 5.20. The fourth-order valence-electron chi connectivity index (χ4n) is 1.83. The topological polar surface area (TPSA) is 29.5 Å². The van der Waals surface area contributed by atoms with E-state index in [-0.39, 0.29) is 18.6 Å². The zero-order valence-electron chi connectivity index (χ0n) is 7.78. The molecule has 0 spiro atoms. The molecule has 1 aromatic rings. The molecular weight excluding hydrogens is 264 g/mol. The Bertz CT molecular complexity index is 300. The van der Waals surface area contributed by atoms with Crippen LogP contribution in [0.5, 0.6) is 0 Å². The number of aliphatic hydroxyl groups is 1. The fraction of sp³-hybridized carbons (Fsp3) is 0.600. The van der Waals surface area contributed by atoms with Gasteiger partial charge in [0.15, 0.2) is 0 Å². The van der Waals surface area contributed by atoms with Crippen LogP contribution in [-0.2, 0) is 4.74 Å². The normalized spacial score (nSPS) is 27.9. The predicted molar refractivity (Wildman–Crippen MR) is 60.5 cm³/mol. The van der Waals surface area contributed by atoms with E-state index in [2.05, 4.69) is 15.9 Å². The van der Waals surface area contributed by atoms with Crippen LogP contribution in [0.2, 0.25) is 0 Å². The van der Waals surface area contributed by atoms with Gasteiger partial charge in [-0.3, -0.25) is 0 Å². The van der Waals surface area contributed by atoms with E-state index in [4.69, 9.17) is 4.74 Å². The first-order valence-electron chi connectivity index (χ1n) is 4.78. The Hall–Kier alpha value is 0.100. The van der Waals surface area contributed by atoms with Crippen molar-refractivity contribution in [3.05, 3.63) is 20.8 Å². The van der Waals surface area contributed by atoms with Crippen LogP contribution in [0.3, 0.4) is 0 Å². The second-order valence-corrected chi connectivity index (χ2v) is 5.31. The Morgan fingerprint density at radius 1 is 1.64 bits per heavy atom. The minimum Gasteiger partial charge on any atom is -0.396 e. The summed E-state index contributed by atoms with van der Waals surface area (Å²) in [6, 6.07) is 2.03. The highest BCUT2D eigenvalue weighted by Gasteiger charge is 2.28. The second kappa shape index (κ2) is 4.75. The van der Waals surface area contributed by atoms with E-state index < -0.39 is 0 Å². The Morgan fingerprint density at radius 3 is 3.14 bits per heavy atom. The van der Waals surface area contributed by atoms with E-state index in [9.17, 15) is 5.11 Å². The van der Waals surface area contributed by atoms with Crippen molar-refractivity contribution in [3.63, 3.8) is 0 Å². The Kier molecular flexibility index (Phi) is 3.60. The largest absolute Gasteiger partial charge is 0.396 e. The Labute approximate surface area is 96.0 Å². The van der Waals surface area contributed by atoms with Crippen molar-refractivity contribution in [2.24, 2.45) is 5.92 Å². The van der Waals surface area contributed by atoms with Gasteiger partial charge in [-0.05, 0) is 40.2 Å². The van der Waals surface area contributed by atoms with Gasteiger partial charge >= 0.3 is 0 Å². The average molecular weight is 277 g/mol. The lowest BCUT2D eigenvalue weighted by Gasteiger charge is -2.30. The molecule has 1 N–H and O–H groups in total. The van der Waals surface area contributed by atoms with Crippen molar-refractivity contribution < 1.29 is 9.84 Å². The van der Waals surface area contributed by atoms with Gasteiger partial charge in [-0.2, -0.15) is 0 Å². The molecular formula is C10H13BrO2S. The van der Waals surface area contributed by atoms with Gasteiger partial charge in [-0.1, -0.05) is 0 Å². The summed E-state index contributed by atoms with van der Waals surface area (Å²) < 4.78 is 6.83. The lowest BCUT2D eigenvalue weighted by Crippen LogP contribution is -2.24. The molecule has 2 unspecified atom stereocenters. The maximum Gasteiger partial charge on any atom is 0.0977 e. The van der Waals surface area contributed by atoms with Crippen LogP contribution in [0.15, 0.2) is 15.9 Å². The molecule has 1 aliphatic heterocycles. The number of thiophene rings is 1. The van der Waals surface area contributed by atoms with Crippen molar-refractivity contribution in [3.8, 4) is 0 Å². The molecule has 2 atom stereocenters. The summed E-state index contributed by atoms with van der Waals surface area (Å²) in [6.45, 7) is 1.03. The van der Waals surface area contributed by atoms with Crippen molar-refractivity contribution >= 4 is 27.3 Å². The van der Waals surface area contributed by atoms with Gasteiger partial charge in [0.05, 0.1) is 6.10 Å². The molecule has 78 valence electrons. The van der Waals surface area contributed by atoms with Gasteiger partial charge in [-0.25, -0.2) is 0 Å². The van der Waals surface area contributed by atoms with Crippen molar-refractivity contribution in [1.29, 1.82) is 0 Å². The molecule has 1 aliphatic rings. The number of ether oxygens (including phenoxy) is 1. The lowest BCUT2D eigenvalue weighted by atomic mass is 9.94. The Balaban J connectivity index is 2.19. The molecule has 1 aromatic heterocycles. The third-order valence-corrected chi connectivity index (χ3v) is 4.51. The van der Waals surface area contributed by atoms with E-state index in [1.54, 1.807) is 11.3 Å². The molecule has 0 amide bonds. The molecule has 2 rings (SSSR count). The van der Waals surface area contributed by atoms with E-state index in [0.717, 1.165) is 23.9 Å². The van der Waals surface area contributed by atoms with E-state index in [1.165, 1.54) is 4.88 Å². The molecule has 14 heavy (non-hydrogen) atoms. The number of hydrogen-bond donors (Lipinski definition) is 1. The van der Waals surface area contributed by atoms with Crippen molar-refractivity contribution in [1.82, 2.24) is 0 Å². The summed E-state index contributed by atoms with van der Waals surface area (Å²) in [5, 5.41) is 11.3. The first-order chi connectivity index (χ1) is 6.83. The fourth-order valence-corrected chi connectivity index (χ4v) is 3.57. The van der Waals surface area contributed by atoms with Crippen LogP contribution in [0.4, 0.5) is 0 Å². The van der Waals surface area contributed by atoms with Crippen LogP contribution in [0.25, 0.3) is 0 Å². The molecule has 0 saturated carbocycles. The SMILES string of the molecule is OCC1CCCOC1c1sccc1Br. The van der Waals surface area contributed by atoms with E-state index >= 15 is 0 Å². The summed E-state index contributed by atoms with van der Waals surface area (Å²) in [4.78, 5) is 1.21. The number of rotatable bonds is 2. The van der Waals surface area contributed by atoms with Crippen LogP contribution in [-0.4, -0.2) is 18.3 Å². The number of halogens is 1. The monoisotopic (exact) mass is 276 g/mol. The van der Waals surface area contributed by atoms with Gasteiger partial charge in [-0.15, -0.1) is 11.3 Å². The zero-order valence-corrected chi connectivity index (χ0v) is 10.2. The number of aliphatic hydroxyl groups excluding tert-OH is 1. The lowest BCUT2D eigenvalue weighted by molar-refractivity contribution is -0.0440. The standard InChI is InChI=1S/C10H13BrO2S/c11-8-3-5-14-10(8)9-7(6-12)2-1-4-13-9/h3,5,7,9,12H,1-2,4,6H2. The molecule has 0 bridgehead atoms. The highest BCUT2D eigenvalue weighted by Crippen LogP contribution is 2.39. The highest BCUT2D eigenvalue weighted by atomic mass is 79.9. The van der Waals surface area contributed by atoms with Gasteiger partial charge < -0.3 is 9.84 Å². The van der Waals surface area contributed by atoms with E-state index in [0.29, 0.717) is 0 Å². The summed E-state index contributed by atoms with van der Waals surface area (Å²) in [5.74, 6) is 0.263. The van der Waals surface area contributed by atoms with Gasteiger partial charge in [0, 0.05) is 28.5 Å². The zero-order chi connectivity index (χ0) is 9.97. The maximum atomic E-state index is 9.26. The molecule has 0 radical (unpaired) electrons. The summed E-state index contributed by atoms with van der Waals surface area (Å²) in [5.41, 5.74) is 0. The molecule has 0 aromatic carbocycles. The molecule has 2 nitrogen and oxygen atoms in total. The second-order valence-electron chi connectivity index (χ2n) is 3.51. The van der Waals surface area contributed by atoms with E-state index in [1.807, 2.05) is 11.4 Å². The predicted octanol–water partition coefficient (Wildman–Crippen LogP) is 2.97. The quantitative estimate of drug-likeness (QED) is 0.900. The smallest absolute Gasteiger partial charge is 0.0977 e. The first kappa shape index (κ1) is 10.6. The average Bonchev–Trinajstić information content (AvgIpc) is 2.64. The van der Waals surface area contributed by atoms with Crippen LogP contribution in [0, 0.1) is 5.92 Å². The minimum atomic E-state index is 0.0862. The molecule has 2 heterocycles.